The largest absolute Gasteiger partial charge is 0.379 e. The summed E-state index contributed by atoms with van der Waals surface area (Å²) in [4.78, 5) is 16.4. The SMILES string of the molecule is CC(C)OCCCNCCn1cnc2ccsc2c1=O. The van der Waals surface area contributed by atoms with Gasteiger partial charge in [-0.2, -0.15) is 0 Å². The maximum absolute atomic E-state index is 12.1. The van der Waals surface area contributed by atoms with Crippen molar-refractivity contribution in [3.8, 4) is 0 Å². The molecule has 0 unspecified atom stereocenters. The van der Waals surface area contributed by atoms with E-state index in [1.807, 2.05) is 25.3 Å². The zero-order chi connectivity index (χ0) is 14.4. The number of hydrogen-bond donors (Lipinski definition) is 1. The molecule has 5 nitrogen and oxygen atoms in total. The summed E-state index contributed by atoms with van der Waals surface area (Å²) in [5.74, 6) is 0. The summed E-state index contributed by atoms with van der Waals surface area (Å²) in [6, 6.07) is 1.87. The van der Waals surface area contributed by atoms with E-state index in [0.717, 1.165) is 36.3 Å². The van der Waals surface area contributed by atoms with Crippen LogP contribution in [0.2, 0.25) is 0 Å². The highest BCUT2D eigenvalue weighted by atomic mass is 32.1. The Morgan fingerprint density at radius 1 is 1.45 bits per heavy atom. The first kappa shape index (κ1) is 15.2. The Labute approximate surface area is 122 Å². The van der Waals surface area contributed by atoms with Crippen LogP contribution in [0.3, 0.4) is 0 Å². The lowest BCUT2D eigenvalue weighted by Crippen LogP contribution is -2.27. The molecule has 0 atom stereocenters. The Morgan fingerprint density at radius 2 is 2.30 bits per heavy atom. The molecule has 0 aliphatic rings. The van der Waals surface area contributed by atoms with Crippen LogP contribution in [-0.2, 0) is 11.3 Å². The molecule has 2 aromatic heterocycles. The number of aromatic nitrogens is 2. The van der Waals surface area contributed by atoms with Crippen LogP contribution in [0.25, 0.3) is 10.2 Å². The standard InChI is InChI=1S/C14H21N3O2S/c1-11(2)19-8-3-5-15-6-7-17-10-16-12-4-9-20-13(12)14(17)18/h4,9-11,15H,3,5-8H2,1-2H3. The number of fused-ring (bicyclic) bond motifs is 1. The van der Waals surface area contributed by atoms with Gasteiger partial charge >= 0.3 is 0 Å². The van der Waals surface area contributed by atoms with Crippen molar-refractivity contribution in [1.82, 2.24) is 14.9 Å². The maximum Gasteiger partial charge on any atom is 0.271 e. The molecule has 1 N–H and O–H groups in total. The minimum absolute atomic E-state index is 0.0509. The smallest absolute Gasteiger partial charge is 0.271 e. The summed E-state index contributed by atoms with van der Waals surface area (Å²) in [5, 5.41) is 5.21. The van der Waals surface area contributed by atoms with Crippen molar-refractivity contribution < 1.29 is 4.74 Å². The summed E-state index contributed by atoms with van der Waals surface area (Å²) in [7, 11) is 0. The molecule has 2 heterocycles. The quantitative estimate of drug-likeness (QED) is 0.755. The fourth-order valence-electron chi connectivity index (χ4n) is 1.88. The molecule has 0 bridgehead atoms. The normalized spacial score (nSPS) is 11.6. The van der Waals surface area contributed by atoms with Gasteiger partial charge in [0.1, 0.15) is 4.70 Å². The predicted octanol–water partition coefficient (Wildman–Crippen LogP) is 1.86. The number of nitrogens with one attached hydrogen (secondary N) is 1. The zero-order valence-corrected chi connectivity index (χ0v) is 12.8. The van der Waals surface area contributed by atoms with E-state index in [0.29, 0.717) is 6.54 Å². The number of hydrogen-bond acceptors (Lipinski definition) is 5. The van der Waals surface area contributed by atoms with E-state index in [1.54, 1.807) is 10.9 Å². The molecule has 0 fully saturated rings. The lowest BCUT2D eigenvalue weighted by atomic mass is 10.4. The molecule has 0 aliphatic heterocycles. The van der Waals surface area contributed by atoms with E-state index in [-0.39, 0.29) is 11.7 Å². The van der Waals surface area contributed by atoms with Crippen molar-refractivity contribution >= 4 is 21.6 Å². The first-order valence-electron chi connectivity index (χ1n) is 6.93. The van der Waals surface area contributed by atoms with Crippen LogP contribution in [0.5, 0.6) is 0 Å². The van der Waals surface area contributed by atoms with E-state index in [1.165, 1.54) is 11.3 Å². The molecule has 0 aliphatic carbocycles. The van der Waals surface area contributed by atoms with E-state index >= 15 is 0 Å². The first-order chi connectivity index (χ1) is 9.68. The van der Waals surface area contributed by atoms with Crippen molar-refractivity contribution in [3.63, 3.8) is 0 Å². The van der Waals surface area contributed by atoms with E-state index in [9.17, 15) is 4.79 Å². The maximum atomic E-state index is 12.1. The summed E-state index contributed by atoms with van der Waals surface area (Å²) in [6.45, 7) is 7.15. The molecule has 0 amide bonds. The molecule has 0 aromatic carbocycles. The second-order valence-corrected chi connectivity index (χ2v) is 5.82. The van der Waals surface area contributed by atoms with Gasteiger partial charge in [0, 0.05) is 19.7 Å². The Hall–Kier alpha value is -1.24. The fourth-order valence-corrected chi connectivity index (χ4v) is 2.67. The highest BCUT2D eigenvalue weighted by Crippen LogP contribution is 2.12. The van der Waals surface area contributed by atoms with Gasteiger partial charge in [0.2, 0.25) is 0 Å². The topological polar surface area (TPSA) is 56.1 Å². The number of ether oxygens (including phenoxy) is 1. The summed E-state index contributed by atoms with van der Waals surface area (Å²) in [5.41, 5.74) is 0.838. The third kappa shape index (κ3) is 4.13. The molecular weight excluding hydrogens is 274 g/mol. The van der Waals surface area contributed by atoms with Gasteiger partial charge in [0.05, 0.1) is 17.9 Å². The van der Waals surface area contributed by atoms with Gasteiger partial charge in [-0.3, -0.25) is 9.36 Å². The molecule has 110 valence electrons. The highest BCUT2D eigenvalue weighted by Gasteiger charge is 2.04. The average molecular weight is 295 g/mol. The number of nitrogens with zero attached hydrogens (tertiary/aromatic N) is 2. The van der Waals surface area contributed by atoms with Crippen LogP contribution in [0.15, 0.2) is 22.6 Å². The molecule has 0 saturated carbocycles. The van der Waals surface area contributed by atoms with Crippen molar-refractivity contribution in [2.75, 3.05) is 19.7 Å². The summed E-state index contributed by atoms with van der Waals surface area (Å²) in [6.07, 6.45) is 2.90. The molecule has 0 radical (unpaired) electrons. The van der Waals surface area contributed by atoms with Crippen LogP contribution < -0.4 is 10.9 Å². The van der Waals surface area contributed by atoms with E-state index in [2.05, 4.69) is 10.3 Å². The third-order valence-corrected chi connectivity index (χ3v) is 3.81. The Bertz CT molecular complexity index is 591. The predicted molar refractivity (Wildman–Crippen MR) is 82.5 cm³/mol. The van der Waals surface area contributed by atoms with Crippen LogP contribution in [0.1, 0.15) is 20.3 Å². The van der Waals surface area contributed by atoms with Crippen molar-refractivity contribution in [2.24, 2.45) is 0 Å². The monoisotopic (exact) mass is 295 g/mol. The van der Waals surface area contributed by atoms with Gasteiger partial charge in [-0.15, -0.1) is 11.3 Å². The molecule has 2 aromatic rings. The third-order valence-electron chi connectivity index (χ3n) is 2.91. The average Bonchev–Trinajstić information content (AvgIpc) is 2.89. The molecule has 0 spiro atoms. The van der Waals surface area contributed by atoms with Gasteiger partial charge in [0.25, 0.3) is 5.56 Å². The van der Waals surface area contributed by atoms with Crippen molar-refractivity contribution in [3.05, 3.63) is 28.1 Å². The van der Waals surface area contributed by atoms with E-state index < -0.39 is 0 Å². The van der Waals surface area contributed by atoms with Gasteiger partial charge in [-0.05, 0) is 38.3 Å². The van der Waals surface area contributed by atoms with Gasteiger partial charge in [-0.1, -0.05) is 0 Å². The van der Waals surface area contributed by atoms with Crippen molar-refractivity contribution in [1.29, 1.82) is 0 Å². The van der Waals surface area contributed by atoms with E-state index in [4.69, 9.17) is 4.74 Å². The summed E-state index contributed by atoms with van der Waals surface area (Å²) >= 11 is 1.45. The molecule has 0 saturated heterocycles. The van der Waals surface area contributed by atoms with Gasteiger partial charge in [0.15, 0.2) is 0 Å². The lowest BCUT2D eigenvalue weighted by molar-refractivity contribution is 0.0771. The highest BCUT2D eigenvalue weighted by molar-refractivity contribution is 7.17. The Balaban J connectivity index is 1.73. The Kier molecular flexibility index (Phi) is 5.70. The van der Waals surface area contributed by atoms with Crippen LogP contribution in [-0.4, -0.2) is 35.4 Å². The second kappa shape index (κ2) is 7.52. The van der Waals surface area contributed by atoms with Crippen molar-refractivity contribution in [2.45, 2.75) is 32.9 Å². The van der Waals surface area contributed by atoms with Crippen LogP contribution in [0.4, 0.5) is 0 Å². The second-order valence-electron chi connectivity index (χ2n) is 4.90. The van der Waals surface area contributed by atoms with Gasteiger partial charge in [-0.25, -0.2) is 4.98 Å². The Morgan fingerprint density at radius 3 is 3.10 bits per heavy atom. The zero-order valence-electron chi connectivity index (χ0n) is 12.0. The minimum Gasteiger partial charge on any atom is -0.379 e. The van der Waals surface area contributed by atoms with Crippen LogP contribution in [0, 0.1) is 0 Å². The lowest BCUT2D eigenvalue weighted by Gasteiger charge is -2.09. The fraction of sp³-hybridized carbons (Fsp3) is 0.571. The number of rotatable bonds is 8. The molecule has 6 heteroatoms. The van der Waals surface area contributed by atoms with Crippen LogP contribution >= 0.6 is 11.3 Å². The minimum atomic E-state index is 0.0509. The number of thiophene rings is 1. The first-order valence-corrected chi connectivity index (χ1v) is 7.81. The molecular formula is C14H21N3O2S. The molecule has 20 heavy (non-hydrogen) atoms. The summed E-state index contributed by atoms with van der Waals surface area (Å²) < 4.78 is 7.86. The molecule has 2 rings (SSSR count). The van der Waals surface area contributed by atoms with Gasteiger partial charge < -0.3 is 10.1 Å².